The molecule has 3 N–H and O–H groups in total. The van der Waals surface area contributed by atoms with Crippen LogP contribution >= 0.6 is 0 Å². The molecule has 0 aliphatic carbocycles. The van der Waals surface area contributed by atoms with Gasteiger partial charge in [-0.15, -0.1) is 0 Å². The summed E-state index contributed by atoms with van der Waals surface area (Å²) in [7, 11) is 0. The molecule has 8 heteroatoms. The summed E-state index contributed by atoms with van der Waals surface area (Å²) in [5.41, 5.74) is 0.734. The van der Waals surface area contributed by atoms with Crippen LogP contribution in [0.4, 0.5) is 17.6 Å². The third kappa shape index (κ3) is 6.15. The predicted molar refractivity (Wildman–Crippen MR) is 127 cm³/mol. The Labute approximate surface area is 200 Å². The molecule has 35 heavy (non-hydrogen) atoms. The van der Waals surface area contributed by atoms with Gasteiger partial charge in [0.25, 0.3) is 0 Å². The molecule has 3 aromatic carbocycles. The molecule has 0 saturated carbocycles. The molecule has 0 aromatic heterocycles. The number of aliphatic hydroxyl groups excluding tert-OH is 1. The fourth-order valence-electron chi connectivity index (χ4n) is 3.60. The molecule has 0 spiro atoms. The minimum absolute atomic E-state index is 0.0591. The Kier molecular flexibility index (Phi) is 7.77. The van der Waals surface area contributed by atoms with Crippen molar-refractivity contribution in [1.82, 2.24) is 5.32 Å². The number of carboxylic acid groups (broad SMARTS) is 1. The number of benzene rings is 3. The summed E-state index contributed by atoms with van der Waals surface area (Å²) in [5.74, 6) is -1.66. The summed E-state index contributed by atoms with van der Waals surface area (Å²) in [6, 6.07) is 14.9. The number of nitrogens with one attached hydrogen (secondary N) is 1. The van der Waals surface area contributed by atoms with E-state index in [9.17, 15) is 32.6 Å². The minimum Gasteiger partial charge on any atom is -0.480 e. The minimum atomic E-state index is -4.59. The standard InChI is InChI=1S/C27H25F4NO3/c1-17-19(5-4-8-23(17)20-6-3-7-22(28)14-20)10-11-21-13-18(9-12-24(21)27(29,30)31)15-32-26(2,16-33)25(34)35/h3-14,32-33H,15-16H2,1-2H3,(H,34,35). The Hall–Kier alpha value is -3.49. The third-order valence-corrected chi connectivity index (χ3v) is 5.85. The van der Waals surface area contributed by atoms with Crippen molar-refractivity contribution in [3.05, 3.63) is 94.3 Å². The number of alkyl halides is 3. The maximum atomic E-state index is 13.7. The lowest BCUT2D eigenvalue weighted by Crippen LogP contribution is -2.52. The molecular weight excluding hydrogens is 462 g/mol. The molecule has 0 saturated heterocycles. The van der Waals surface area contributed by atoms with Crippen molar-refractivity contribution >= 4 is 18.1 Å². The first kappa shape index (κ1) is 26.1. The highest BCUT2D eigenvalue weighted by Gasteiger charge is 2.34. The van der Waals surface area contributed by atoms with Gasteiger partial charge < -0.3 is 10.2 Å². The molecule has 0 aliphatic heterocycles. The summed E-state index contributed by atoms with van der Waals surface area (Å²) < 4.78 is 54.6. The van der Waals surface area contributed by atoms with Crippen molar-refractivity contribution in [2.45, 2.75) is 32.1 Å². The molecule has 1 atom stereocenters. The van der Waals surface area contributed by atoms with Crippen LogP contribution in [0.25, 0.3) is 23.3 Å². The maximum absolute atomic E-state index is 13.7. The van der Waals surface area contributed by atoms with Gasteiger partial charge in [-0.1, -0.05) is 48.6 Å². The van der Waals surface area contributed by atoms with Crippen molar-refractivity contribution in [2.75, 3.05) is 6.61 Å². The Morgan fingerprint density at radius 2 is 1.69 bits per heavy atom. The van der Waals surface area contributed by atoms with E-state index in [-0.39, 0.29) is 17.9 Å². The van der Waals surface area contributed by atoms with Crippen molar-refractivity contribution in [3.63, 3.8) is 0 Å². The van der Waals surface area contributed by atoms with Gasteiger partial charge in [-0.25, -0.2) is 4.39 Å². The second kappa shape index (κ2) is 10.4. The van der Waals surface area contributed by atoms with Gasteiger partial charge >= 0.3 is 12.1 Å². The van der Waals surface area contributed by atoms with Gasteiger partial charge in [-0.05, 0) is 71.5 Å². The first-order chi connectivity index (χ1) is 16.4. The molecule has 0 aliphatic rings. The summed E-state index contributed by atoms with van der Waals surface area (Å²) >= 11 is 0. The quantitative estimate of drug-likeness (QED) is 0.273. The van der Waals surface area contributed by atoms with Crippen LogP contribution in [0.1, 0.15) is 34.7 Å². The molecule has 0 heterocycles. The largest absolute Gasteiger partial charge is 0.480 e. The van der Waals surface area contributed by atoms with Crippen LogP contribution in [0, 0.1) is 12.7 Å². The van der Waals surface area contributed by atoms with E-state index >= 15 is 0 Å². The fraction of sp³-hybridized carbons (Fsp3) is 0.222. The van der Waals surface area contributed by atoms with E-state index in [2.05, 4.69) is 5.32 Å². The number of halogens is 4. The van der Waals surface area contributed by atoms with Gasteiger partial charge in [-0.3, -0.25) is 10.1 Å². The number of aliphatic hydroxyl groups is 1. The Bertz CT molecular complexity index is 1250. The lowest BCUT2D eigenvalue weighted by Gasteiger charge is -2.24. The smallest absolute Gasteiger partial charge is 0.416 e. The van der Waals surface area contributed by atoms with E-state index in [1.165, 1.54) is 37.3 Å². The normalized spacial score (nSPS) is 13.7. The second-order valence-electron chi connectivity index (χ2n) is 8.43. The second-order valence-corrected chi connectivity index (χ2v) is 8.43. The van der Waals surface area contributed by atoms with Crippen molar-refractivity contribution in [2.24, 2.45) is 0 Å². The average Bonchev–Trinajstić information content (AvgIpc) is 2.81. The number of hydrogen-bond acceptors (Lipinski definition) is 3. The first-order valence-electron chi connectivity index (χ1n) is 10.8. The van der Waals surface area contributed by atoms with E-state index in [0.717, 1.165) is 17.2 Å². The van der Waals surface area contributed by atoms with Crippen LogP contribution in [-0.4, -0.2) is 28.3 Å². The molecule has 0 bridgehead atoms. The number of carbonyl (C=O) groups is 1. The summed E-state index contributed by atoms with van der Waals surface area (Å²) in [5, 5.41) is 21.3. The first-order valence-corrected chi connectivity index (χ1v) is 10.8. The fourth-order valence-corrected chi connectivity index (χ4v) is 3.60. The van der Waals surface area contributed by atoms with Crippen molar-refractivity contribution in [3.8, 4) is 11.1 Å². The van der Waals surface area contributed by atoms with Crippen LogP contribution in [0.2, 0.25) is 0 Å². The molecule has 0 amide bonds. The Balaban J connectivity index is 1.96. The van der Waals surface area contributed by atoms with Crippen LogP contribution in [-0.2, 0) is 17.5 Å². The lowest BCUT2D eigenvalue weighted by molar-refractivity contribution is -0.146. The summed E-state index contributed by atoms with van der Waals surface area (Å²) in [6.07, 6.45) is -1.67. The zero-order valence-electron chi connectivity index (χ0n) is 19.2. The summed E-state index contributed by atoms with van der Waals surface area (Å²) in [4.78, 5) is 11.4. The average molecular weight is 487 g/mol. The number of rotatable bonds is 8. The molecule has 0 fully saturated rings. The van der Waals surface area contributed by atoms with Crippen LogP contribution < -0.4 is 5.32 Å². The van der Waals surface area contributed by atoms with E-state index in [4.69, 9.17) is 0 Å². The van der Waals surface area contributed by atoms with Gasteiger partial charge in [0.2, 0.25) is 0 Å². The highest BCUT2D eigenvalue weighted by Crippen LogP contribution is 2.34. The Morgan fingerprint density at radius 3 is 2.31 bits per heavy atom. The lowest BCUT2D eigenvalue weighted by atomic mass is 9.95. The van der Waals surface area contributed by atoms with E-state index < -0.39 is 29.9 Å². The number of carboxylic acids is 1. The van der Waals surface area contributed by atoms with E-state index in [0.29, 0.717) is 16.7 Å². The third-order valence-electron chi connectivity index (χ3n) is 5.85. The zero-order chi connectivity index (χ0) is 25.8. The molecule has 3 aromatic rings. The molecule has 0 radical (unpaired) electrons. The topological polar surface area (TPSA) is 69.6 Å². The zero-order valence-corrected chi connectivity index (χ0v) is 19.2. The highest BCUT2D eigenvalue weighted by atomic mass is 19.4. The van der Waals surface area contributed by atoms with Gasteiger partial charge in [0.15, 0.2) is 0 Å². The number of aliphatic carboxylic acids is 1. The molecule has 4 nitrogen and oxygen atoms in total. The SMILES string of the molecule is Cc1c(C=Cc2cc(CNC(C)(CO)C(=O)O)ccc2C(F)(F)F)cccc1-c1cccc(F)c1. The summed E-state index contributed by atoms with van der Waals surface area (Å²) in [6.45, 7) is 2.36. The van der Waals surface area contributed by atoms with Gasteiger partial charge in [0.1, 0.15) is 11.4 Å². The monoisotopic (exact) mass is 487 g/mol. The van der Waals surface area contributed by atoms with Crippen LogP contribution in [0.5, 0.6) is 0 Å². The van der Waals surface area contributed by atoms with E-state index in [1.807, 2.05) is 13.0 Å². The predicted octanol–water partition coefficient (Wildman–Crippen LogP) is 5.92. The van der Waals surface area contributed by atoms with Crippen LogP contribution in [0.3, 0.4) is 0 Å². The van der Waals surface area contributed by atoms with Gasteiger partial charge in [0.05, 0.1) is 12.2 Å². The molecular formula is C27H25F4NO3. The molecule has 3 rings (SSSR count). The molecule has 1 unspecified atom stereocenters. The van der Waals surface area contributed by atoms with Crippen LogP contribution in [0.15, 0.2) is 60.7 Å². The van der Waals surface area contributed by atoms with Crippen molar-refractivity contribution < 1.29 is 32.6 Å². The van der Waals surface area contributed by atoms with Gasteiger partial charge in [0, 0.05) is 6.54 Å². The van der Waals surface area contributed by atoms with Gasteiger partial charge in [-0.2, -0.15) is 13.2 Å². The highest BCUT2D eigenvalue weighted by molar-refractivity contribution is 5.79. The molecule has 184 valence electrons. The van der Waals surface area contributed by atoms with E-state index in [1.54, 1.807) is 30.3 Å². The maximum Gasteiger partial charge on any atom is 0.416 e. The number of hydrogen-bond donors (Lipinski definition) is 3. The Morgan fingerprint density at radius 1 is 1.00 bits per heavy atom. The van der Waals surface area contributed by atoms with Crippen molar-refractivity contribution in [1.29, 1.82) is 0 Å².